The molecule has 1 saturated heterocycles. The van der Waals surface area contributed by atoms with Crippen LogP contribution in [0.5, 0.6) is 0 Å². The first-order valence-electron chi connectivity index (χ1n) is 12.4. The number of hydrogen-bond donors (Lipinski definition) is 4. The van der Waals surface area contributed by atoms with Crippen molar-refractivity contribution in [3.63, 3.8) is 0 Å². The summed E-state index contributed by atoms with van der Waals surface area (Å²) in [4.78, 5) is 35.7. The van der Waals surface area contributed by atoms with Gasteiger partial charge in [-0.15, -0.1) is 0 Å². The summed E-state index contributed by atoms with van der Waals surface area (Å²) in [5.41, 5.74) is 5.76. The van der Waals surface area contributed by atoms with E-state index < -0.39 is 30.0 Å². The molecule has 4 heterocycles. The second kappa shape index (κ2) is 12.0. The van der Waals surface area contributed by atoms with Gasteiger partial charge in [0.2, 0.25) is 5.95 Å². The van der Waals surface area contributed by atoms with Gasteiger partial charge in [-0.3, -0.25) is 9.78 Å². The fourth-order valence-electron chi connectivity index (χ4n) is 3.98. The van der Waals surface area contributed by atoms with Gasteiger partial charge in [-0.2, -0.15) is 5.26 Å². The number of carbonyl (C=O) groups excluding carboxylic acids is 1. The van der Waals surface area contributed by atoms with Crippen molar-refractivity contribution in [2.45, 2.75) is 38.1 Å². The third kappa shape index (κ3) is 6.62. The lowest BCUT2D eigenvalue weighted by Gasteiger charge is -2.23. The van der Waals surface area contributed by atoms with Crippen molar-refractivity contribution < 1.29 is 18.7 Å². The number of rotatable bonds is 9. The lowest BCUT2D eigenvalue weighted by atomic mass is 10.0. The van der Waals surface area contributed by atoms with E-state index in [0.717, 1.165) is 12.4 Å². The highest BCUT2D eigenvalue weighted by Gasteiger charge is 2.29. The zero-order chi connectivity index (χ0) is 28.9. The van der Waals surface area contributed by atoms with Gasteiger partial charge in [0.05, 0.1) is 52.6 Å². The summed E-state index contributed by atoms with van der Waals surface area (Å²) >= 11 is 0. The van der Waals surface area contributed by atoms with Crippen LogP contribution in [-0.2, 0) is 0 Å². The van der Waals surface area contributed by atoms with Crippen molar-refractivity contribution in [1.29, 1.82) is 5.26 Å². The Hall–Kier alpha value is -4.77. The van der Waals surface area contributed by atoms with Gasteiger partial charge in [0.1, 0.15) is 12.2 Å². The number of nitrogens with one attached hydrogen (secondary N) is 2. The Morgan fingerprint density at radius 1 is 1.25 bits per heavy atom. The standard InChI is InChI=1S/C26H28F2N10O2/c1-26(2,40)22(28)13-34-24(39)19-12-31-20(18(7-30)23-32-8-15(6-29)9-33-23)5-21(19)37-17-3-4-38(14-17)25-35-10-16(27)11-36-25/h5,7-12,17,22,40H,3-4,13-14,30H2,1-2H3,(H,31,37)(H,34,39). The van der Waals surface area contributed by atoms with Crippen LogP contribution in [0, 0.1) is 17.1 Å². The molecular weight excluding hydrogens is 522 g/mol. The van der Waals surface area contributed by atoms with E-state index in [1.807, 2.05) is 11.0 Å². The molecule has 5 N–H and O–H groups in total. The van der Waals surface area contributed by atoms with Crippen LogP contribution >= 0.6 is 0 Å². The number of nitrogens with zero attached hydrogens (tertiary/aromatic N) is 7. The number of aromatic nitrogens is 5. The van der Waals surface area contributed by atoms with Gasteiger partial charge in [0.25, 0.3) is 5.91 Å². The number of anilines is 2. The lowest BCUT2D eigenvalue weighted by Crippen LogP contribution is -2.42. The number of nitrogens with two attached hydrogens (primary N) is 1. The van der Waals surface area contributed by atoms with Crippen LogP contribution in [-0.4, -0.2) is 73.4 Å². The van der Waals surface area contributed by atoms with E-state index >= 15 is 0 Å². The maximum Gasteiger partial charge on any atom is 0.255 e. The maximum absolute atomic E-state index is 14.3. The second-order valence-electron chi connectivity index (χ2n) is 9.71. The first kappa shape index (κ1) is 28.2. The molecule has 12 nitrogen and oxygen atoms in total. The van der Waals surface area contributed by atoms with Crippen molar-refractivity contribution in [3.8, 4) is 6.07 Å². The topological polar surface area (TPSA) is 179 Å². The molecule has 0 radical (unpaired) electrons. The number of alkyl halides is 1. The van der Waals surface area contributed by atoms with Crippen LogP contribution in [0.15, 0.2) is 43.3 Å². The number of pyridine rings is 1. The van der Waals surface area contributed by atoms with E-state index in [0.29, 0.717) is 42.4 Å². The normalized spacial score (nSPS) is 16.4. The summed E-state index contributed by atoms with van der Waals surface area (Å²) in [7, 11) is 0. The Bertz CT molecular complexity index is 1420. The molecule has 1 aliphatic rings. The third-order valence-corrected chi connectivity index (χ3v) is 6.26. The fraction of sp³-hybridized carbons (Fsp3) is 0.346. The average molecular weight is 551 g/mol. The second-order valence-corrected chi connectivity index (χ2v) is 9.71. The molecule has 208 valence electrons. The third-order valence-electron chi connectivity index (χ3n) is 6.26. The van der Waals surface area contributed by atoms with Crippen molar-refractivity contribution >= 4 is 23.1 Å². The first-order chi connectivity index (χ1) is 19.1. The molecule has 1 aliphatic heterocycles. The molecule has 1 fully saturated rings. The fourth-order valence-corrected chi connectivity index (χ4v) is 3.98. The molecule has 2 atom stereocenters. The van der Waals surface area contributed by atoms with Crippen LogP contribution in [0.1, 0.15) is 47.7 Å². The predicted octanol–water partition coefficient (Wildman–Crippen LogP) is 1.55. The summed E-state index contributed by atoms with van der Waals surface area (Å²) < 4.78 is 27.6. The Labute approximate surface area is 229 Å². The van der Waals surface area contributed by atoms with Crippen LogP contribution in [0.4, 0.5) is 20.4 Å². The molecule has 2 unspecified atom stereocenters. The van der Waals surface area contributed by atoms with Gasteiger partial charge in [-0.1, -0.05) is 0 Å². The molecule has 3 aromatic rings. The molecular formula is C26H28F2N10O2. The zero-order valence-electron chi connectivity index (χ0n) is 21.8. The molecule has 0 aromatic carbocycles. The van der Waals surface area contributed by atoms with Crippen LogP contribution in [0.25, 0.3) is 5.57 Å². The van der Waals surface area contributed by atoms with E-state index in [1.54, 1.807) is 6.07 Å². The monoisotopic (exact) mass is 550 g/mol. The molecule has 0 bridgehead atoms. The number of hydrogen-bond acceptors (Lipinski definition) is 11. The van der Waals surface area contributed by atoms with Crippen molar-refractivity contribution in [2.75, 3.05) is 29.9 Å². The minimum atomic E-state index is -1.69. The number of carbonyl (C=O) groups is 1. The van der Waals surface area contributed by atoms with Crippen molar-refractivity contribution in [1.82, 2.24) is 30.2 Å². The molecule has 0 saturated carbocycles. The summed E-state index contributed by atoms with van der Waals surface area (Å²) in [6.07, 6.45) is 6.46. The molecule has 4 rings (SSSR count). The van der Waals surface area contributed by atoms with Crippen LogP contribution < -0.4 is 21.3 Å². The largest absolute Gasteiger partial charge is 0.404 e. The molecule has 0 aliphatic carbocycles. The highest BCUT2D eigenvalue weighted by atomic mass is 19.1. The Balaban J connectivity index is 1.61. The smallest absolute Gasteiger partial charge is 0.255 e. The van der Waals surface area contributed by atoms with E-state index in [-0.39, 0.29) is 23.0 Å². The number of nitriles is 1. The molecule has 1 amide bonds. The molecule has 40 heavy (non-hydrogen) atoms. The van der Waals surface area contributed by atoms with Crippen LogP contribution in [0.2, 0.25) is 0 Å². The number of halogens is 2. The predicted molar refractivity (Wildman–Crippen MR) is 142 cm³/mol. The van der Waals surface area contributed by atoms with Crippen molar-refractivity contribution in [3.05, 3.63) is 71.7 Å². The van der Waals surface area contributed by atoms with Gasteiger partial charge >= 0.3 is 0 Å². The molecule has 3 aromatic heterocycles. The lowest BCUT2D eigenvalue weighted by molar-refractivity contribution is -0.00177. The Kier molecular flexibility index (Phi) is 8.44. The highest BCUT2D eigenvalue weighted by Crippen LogP contribution is 2.26. The molecule has 14 heteroatoms. The Morgan fingerprint density at radius 3 is 2.58 bits per heavy atom. The summed E-state index contributed by atoms with van der Waals surface area (Å²) in [6.45, 7) is 3.28. The highest BCUT2D eigenvalue weighted by molar-refractivity contribution is 6.00. The number of amides is 1. The minimum Gasteiger partial charge on any atom is -0.404 e. The van der Waals surface area contributed by atoms with E-state index in [1.165, 1.54) is 38.6 Å². The summed E-state index contributed by atoms with van der Waals surface area (Å²) in [5.74, 6) is -0.528. The number of aliphatic hydroxyl groups is 1. The van der Waals surface area contributed by atoms with Crippen molar-refractivity contribution in [2.24, 2.45) is 5.73 Å². The average Bonchev–Trinajstić information content (AvgIpc) is 3.40. The zero-order valence-corrected chi connectivity index (χ0v) is 21.8. The summed E-state index contributed by atoms with van der Waals surface area (Å²) in [5, 5.41) is 24.8. The SMILES string of the molecule is CC(C)(O)C(F)CNC(=O)c1cnc(C(=CN)c2ncc(C#N)cn2)cc1NC1CCN(c2ncc(F)cn2)C1. The van der Waals surface area contributed by atoms with Gasteiger partial charge in [0, 0.05) is 43.9 Å². The Morgan fingerprint density at radius 2 is 1.95 bits per heavy atom. The van der Waals surface area contributed by atoms with E-state index in [9.17, 15) is 18.7 Å². The van der Waals surface area contributed by atoms with E-state index in [4.69, 9.17) is 11.0 Å². The van der Waals surface area contributed by atoms with Gasteiger partial charge in [-0.05, 0) is 26.3 Å². The van der Waals surface area contributed by atoms with Gasteiger partial charge in [0.15, 0.2) is 11.6 Å². The van der Waals surface area contributed by atoms with Crippen LogP contribution in [0.3, 0.4) is 0 Å². The first-order valence-corrected chi connectivity index (χ1v) is 12.4. The van der Waals surface area contributed by atoms with Gasteiger partial charge in [-0.25, -0.2) is 28.7 Å². The minimum absolute atomic E-state index is 0.139. The maximum atomic E-state index is 14.3. The van der Waals surface area contributed by atoms with E-state index in [2.05, 4.69) is 35.6 Å². The quantitative estimate of drug-likeness (QED) is 0.304. The van der Waals surface area contributed by atoms with Gasteiger partial charge < -0.3 is 26.4 Å². The summed E-state index contributed by atoms with van der Waals surface area (Å²) in [6, 6.07) is 3.40. The molecule has 0 spiro atoms.